The van der Waals surface area contributed by atoms with Crippen molar-refractivity contribution in [1.82, 2.24) is 0 Å². The lowest BCUT2D eigenvalue weighted by atomic mass is 10.0. The molecule has 1 aromatic heterocycles. The molecular weight excluding hydrogens is 283 g/mol. The lowest BCUT2D eigenvalue weighted by Crippen LogP contribution is -2.01. The minimum absolute atomic E-state index is 0.199. The molecule has 0 amide bonds. The van der Waals surface area contributed by atoms with Crippen LogP contribution in [0.25, 0.3) is 10.1 Å². The number of ketones is 1. The van der Waals surface area contributed by atoms with Crippen molar-refractivity contribution in [1.29, 1.82) is 0 Å². The summed E-state index contributed by atoms with van der Waals surface area (Å²) in [4.78, 5) is 12.5. The van der Waals surface area contributed by atoms with Gasteiger partial charge in [-0.2, -0.15) is 0 Å². The molecule has 0 aliphatic rings. The van der Waals surface area contributed by atoms with Crippen molar-refractivity contribution in [2.45, 2.75) is 0 Å². The van der Waals surface area contributed by atoms with Crippen molar-refractivity contribution in [3.63, 3.8) is 0 Å². The van der Waals surface area contributed by atoms with Gasteiger partial charge in [0.25, 0.3) is 0 Å². The first-order chi connectivity index (χ1) is 9.16. The van der Waals surface area contributed by atoms with E-state index in [9.17, 15) is 9.18 Å². The number of hydrogen-bond acceptors (Lipinski definition) is 2. The minimum atomic E-state index is -0.465. The van der Waals surface area contributed by atoms with Gasteiger partial charge in [-0.1, -0.05) is 29.8 Å². The molecule has 0 N–H and O–H groups in total. The molecule has 0 aliphatic heterocycles. The van der Waals surface area contributed by atoms with Crippen LogP contribution in [0.15, 0.2) is 47.8 Å². The molecule has 0 aliphatic carbocycles. The Balaban J connectivity index is 2.16. The fourth-order valence-corrected chi connectivity index (χ4v) is 3.11. The first-order valence-corrected chi connectivity index (χ1v) is 6.88. The zero-order valence-electron chi connectivity index (χ0n) is 9.69. The van der Waals surface area contributed by atoms with E-state index in [-0.39, 0.29) is 16.4 Å². The van der Waals surface area contributed by atoms with E-state index < -0.39 is 5.82 Å². The maximum Gasteiger partial charge on any atom is 0.196 e. The fraction of sp³-hybridized carbons (Fsp3) is 0. The molecule has 4 heteroatoms. The van der Waals surface area contributed by atoms with Crippen LogP contribution in [0.2, 0.25) is 5.02 Å². The molecule has 3 rings (SSSR count). The SMILES string of the molecule is O=C(c1cc(F)ccc1Cl)c1csc2ccccc12. The van der Waals surface area contributed by atoms with Gasteiger partial charge in [0, 0.05) is 26.6 Å². The van der Waals surface area contributed by atoms with Gasteiger partial charge >= 0.3 is 0 Å². The number of rotatable bonds is 2. The number of carbonyl (C=O) groups excluding carboxylic acids is 1. The van der Waals surface area contributed by atoms with Crippen molar-refractivity contribution in [2.75, 3.05) is 0 Å². The standard InChI is InChI=1S/C15H8ClFOS/c16-13-6-5-9(17)7-11(13)15(18)12-8-19-14-4-2-1-3-10(12)14/h1-8H. The topological polar surface area (TPSA) is 17.1 Å². The third kappa shape index (κ3) is 2.15. The van der Waals surface area contributed by atoms with Crippen LogP contribution in [0.4, 0.5) is 4.39 Å². The van der Waals surface area contributed by atoms with Crippen LogP contribution in [0, 0.1) is 5.82 Å². The van der Waals surface area contributed by atoms with Gasteiger partial charge in [-0.25, -0.2) is 4.39 Å². The quantitative estimate of drug-likeness (QED) is 0.612. The maximum atomic E-state index is 13.3. The number of carbonyl (C=O) groups is 1. The third-order valence-corrected chi connectivity index (χ3v) is 4.19. The number of hydrogen-bond donors (Lipinski definition) is 0. The van der Waals surface area contributed by atoms with Gasteiger partial charge in [-0.05, 0) is 24.3 Å². The van der Waals surface area contributed by atoms with Gasteiger partial charge in [0.15, 0.2) is 5.78 Å². The summed E-state index contributed by atoms with van der Waals surface area (Å²) >= 11 is 7.46. The first kappa shape index (κ1) is 12.3. The largest absolute Gasteiger partial charge is 0.288 e. The van der Waals surface area contributed by atoms with E-state index >= 15 is 0 Å². The van der Waals surface area contributed by atoms with Crippen LogP contribution in [-0.4, -0.2) is 5.78 Å². The van der Waals surface area contributed by atoms with Gasteiger partial charge in [0.05, 0.1) is 5.02 Å². The second-order valence-corrected chi connectivity index (χ2v) is 5.42. The number of benzene rings is 2. The van der Waals surface area contributed by atoms with Crippen LogP contribution in [0.3, 0.4) is 0 Å². The molecule has 0 bridgehead atoms. The maximum absolute atomic E-state index is 13.3. The van der Waals surface area contributed by atoms with Gasteiger partial charge < -0.3 is 0 Å². The summed E-state index contributed by atoms with van der Waals surface area (Å²) < 4.78 is 14.3. The summed E-state index contributed by atoms with van der Waals surface area (Å²) in [5.74, 6) is -0.714. The Hall–Kier alpha value is -1.71. The molecule has 0 fully saturated rings. The Kier molecular flexibility index (Phi) is 3.09. The second kappa shape index (κ2) is 4.76. The van der Waals surface area contributed by atoms with Crippen molar-refractivity contribution in [3.8, 4) is 0 Å². The van der Waals surface area contributed by atoms with Gasteiger partial charge in [-0.3, -0.25) is 4.79 Å². The monoisotopic (exact) mass is 290 g/mol. The average Bonchev–Trinajstić information content (AvgIpc) is 2.84. The van der Waals surface area contributed by atoms with E-state index in [2.05, 4.69) is 0 Å². The molecule has 0 unspecified atom stereocenters. The Morgan fingerprint density at radius 3 is 2.74 bits per heavy atom. The summed E-state index contributed by atoms with van der Waals surface area (Å²) in [5.41, 5.74) is 0.762. The third-order valence-electron chi connectivity index (χ3n) is 2.90. The average molecular weight is 291 g/mol. The zero-order valence-corrected chi connectivity index (χ0v) is 11.3. The Bertz CT molecular complexity index is 779. The molecule has 0 radical (unpaired) electrons. The van der Waals surface area contributed by atoms with Crippen molar-refractivity contribution >= 4 is 38.8 Å². The molecule has 3 aromatic rings. The lowest BCUT2D eigenvalue weighted by Gasteiger charge is -2.03. The molecule has 0 spiro atoms. The van der Waals surface area contributed by atoms with Crippen molar-refractivity contribution < 1.29 is 9.18 Å². The molecule has 2 aromatic carbocycles. The molecule has 0 saturated heterocycles. The minimum Gasteiger partial charge on any atom is -0.288 e. The molecule has 0 saturated carbocycles. The molecule has 1 nitrogen and oxygen atoms in total. The van der Waals surface area contributed by atoms with E-state index in [1.165, 1.54) is 29.5 Å². The first-order valence-electron chi connectivity index (χ1n) is 5.63. The molecule has 1 heterocycles. The Labute approximate surface area is 118 Å². The highest BCUT2D eigenvalue weighted by molar-refractivity contribution is 7.17. The zero-order chi connectivity index (χ0) is 13.4. The predicted molar refractivity (Wildman–Crippen MR) is 76.7 cm³/mol. The summed E-state index contributed by atoms with van der Waals surface area (Å²) in [6.07, 6.45) is 0. The van der Waals surface area contributed by atoms with Gasteiger partial charge in [-0.15, -0.1) is 11.3 Å². The van der Waals surface area contributed by atoms with Crippen LogP contribution >= 0.6 is 22.9 Å². The van der Waals surface area contributed by atoms with Crippen LogP contribution in [-0.2, 0) is 0 Å². The Morgan fingerprint density at radius 2 is 1.89 bits per heavy atom. The number of thiophene rings is 1. The summed E-state index contributed by atoms with van der Waals surface area (Å²) in [5, 5.41) is 2.92. The predicted octanol–water partition coefficient (Wildman–Crippen LogP) is 4.92. The summed E-state index contributed by atoms with van der Waals surface area (Å²) in [6, 6.07) is 11.4. The van der Waals surface area contributed by atoms with E-state index in [1.54, 1.807) is 5.38 Å². The highest BCUT2D eigenvalue weighted by Crippen LogP contribution is 2.29. The van der Waals surface area contributed by atoms with Gasteiger partial charge in [0.2, 0.25) is 0 Å². The van der Waals surface area contributed by atoms with Crippen molar-refractivity contribution in [3.05, 3.63) is 69.8 Å². The molecular formula is C15H8ClFOS. The van der Waals surface area contributed by atoms with Crippen LogP contribution in [0.1, 0.15) is 15.9 Å². The lowest BCUT2D eigenvalue weighted by molar-refractivity contribution is 0.104. The van der Waals surface area contributed by atoms with Crippen LogP contribution in [0.5, 0.6) is 0 Å². The van der Waals surface area contributed by atoms with E-state index in [0.717, 1.165) is 10.1 Å². The highest BCUT2D eigenvalue weighted by Gasteiger charge is 2.17. The molecule has 19 heavy (non-hydrogen) atoms. The highest BCUT2D eigenvalue weighted by atomic mass is 35.5. The van der Waals surface area contributed by atoms with E-state index in [4.69, 9.17) is 11.6 Å². The normalized spacial score (nSPS) is 10.8. The van der Waals surface area contributed by atoms with E-state index in [1.807, 2.05) is 24.3 Å². The second-order valence-electron chi connectivity index (χ2n) is 4.10. The van der Waals surface area contributed by atoms with Crippen LogP contribution < -0.4 is 0 Å². The van der Waals surface area contributed by atoms with Crippen molar-refractivity contribution in [2.24, 2.45) is 0 Å². The molecule has 0 atom stereocenters. The van der Waals surface area contributed by atoms with Gasteiger partial charge in [0.1, 0.15) is 5.82 Å². The summed E-state index contributed by atoms with van der Waals surface area (Å²) in [7, 11) is 0. The number of halogens is 2. The summed E-state index contributed by atoms with van der Waals surface area (Å²) in [6.45, 7) is 0. The number of fused-ring (bicyclic) bond motifs is 1. The fourth-order valence-electron chi connectivity index (χ4n) is 1.97. The molecule has 94 valence electrons. The smallest absolute Gasteiger partial charge is 0.196 e. The Morgan fingerprint density at radius 1 is 1.11 bits per heavy atom. The van der Waals surface area contributed by atoms with E-state index in [0.29, 0.717) is 5.56 Å².